The number of nitrogens with zero attached hydrogens (tertiary/aromatic N) is 3. The first kappa shape index (κ1) is 21.4. The summed E-state index contributed by atoms with van der Waals surface area (Å²) < 4.78 is 11.0. The molecule has 0 fully saturated rings. The number of likely N-dealkylation sites (N-methyl/N-ethyl adjacent to an activating group) is 1. The second kappa shape index (κ2) is 9.91. The summed E-state index contributed by atoms with van der Waals surface area (Å²) >= 11 is 0. The van der Waals surface area contributed by atoms with Crippen LogP contribution in [0, 0.1) is 20.8 Å². The molecule has 30 heavy (non-hydrogen) atoms. The fourth-order valence-electron chi connectivity index (χ4n) is 3.00. The topological polar surface area (TPSA) is 80.5 Å². The fraction of sp³-hybridized carbons (Fsp3) is 0.348. The van der Waals surface area contributed by atoms with Gasteiger partial charge in [-0.2, -0.15) is 4.98 Å². The second-order valence-electron chi connectivity index (χ2n) is 7.53. The maximum atomic E-state index is 12.3. The van der Waals surface area contributed by atoms with E-state index in [1.54, 1.807) is 11.9 Å². The van der Waals surface area contributed by atoms with Gasteiger partial charge in [0.2, 0.25) is 0 Å². The Hall–Kier alpha value is -3.35. The number of urea groups is 1. The third-order valence-electron chi connectivity index (χ3n) is 4.65. The number of carbonyl (C=O) groups is 1. The van der Waals surface area contributed by atoms with Crippen LogP contribution in [0.5, 0.6) is 5.75 Å². The number of ether oxygens (including phenoxy) is 1. The van der Waals surface area contributed by atoms with E-state index in [1.807, 2.05) is 57.2 Å². The highest BCUT2D eigenvalue weighted by Crippen LogP contribution is 2.17. The normalized spacial score (nSPS) is 10.7. The molecule has 2 amide bonds. The molecular formula is C23H28N4O3. The van der Waals surface area contributed by atoms with Crippen molar-refractivity contribution < 1.29 is 14.1 Å². The molecule has 0 bridgehead atoms. The largest absolute Gasteiger partial charge is 0.484 e. The van der Waals surface area contributed by atoms with Gasteiger partial charge in [-0.1, -0.05) is 41.1 Å². The van der Waals surface area contributed by atoms with Crippen LogP contribution in [0.3, 0.4) is 0 Å². The average Bonchev–Trinajstić information content (AvgIpc) is 3.17. The van der Waals surface area contributed by atoms with Crippen LogP contribution < -0.4 is 10.1 Å². The Morgan fingerprint density at radius 2 is 1.77 bits per heavy atom. The van der Waals surface area contributed by atoms with Gasteiger partial charge in [0.05, 0.1) is 0 Å². The van der Waals surface area contributed by atoms with Gasteiger partial charge >= 0.3 is 6.03 Å². The summed E-state index contributed by atoms with van der Waals surface area (Å²) in [5.74, 6) is 1.74. The van der Waals surface area contributed by atoms with E-state index in [2.05, 4.69) is 21.5 Å². The van der Waals surface area contributed by atoms with Crippen molar-refractivity contribution in [1.29, 1.82) is 0 Å². The molecule has 7 nitrogen and oxygen atoms in total. The third kappa shape index (κ3) is 6.34. The molecule has 0 radical (unpaired) electrons. The number of aryl methyl sites for hydroxylation is 3. The summed E-state index contributed by atoms with van der Waals surface area (Å²) in [5, 5.41) is 6.88. The van der Waals surface area contributed by atoms with Crippen LogP contribution in [0.4, 0.5) is 4.79 Å². The Morgan fingerprint density at radius 3 is 2.47 bits per heavy atom. The molecule has 158 valence electrons. The first-order chi connectivity index (χ1) is 14.4. The van der Waals surface area contributed by atoms with Crippen molar-refractivity contribution in [1.82, 2.24) is 20.4 Å². The van der Waals surface area contributed by atoms with E-state index in [9.17, 15) is 4.79 Å². The van der Waals surface area contributed by atoms with E-state index in [4.69, 9.17) is 9.26 Å². The molecule has 0 atom stereocenters. The number of rotatable bonds is 8. The predicted octanol–water partition coefficient (Wildman–Crippen LogP) is 3.96. The van der Waals surface area contributed by atoms with E-state index >= 15 is 0 Å². The molecule has 0 aliphatic heterocycles. The predicted molar refractivity (Wildman–Crippen MR) is 114 cm³/mol. The number of hydrogen-bond acceptors (Lipinski definition) is 5. The van der Waals surface area contributed by atoms with Gasteiger partial charge in [0.25, 0.3) is 5.89 Å². The molecule has 1 N–H and O–H groups in total. The van der Waals surface area contributed by atoms with Crippen LogP contribution in [-0.4, -0.2) is 34.7 Å². The summed E-state index contributed by atoms with van der Waals surface area (Å²) in [6.45, 7) is 7.27. The lowest BCUT2D eigenvalue weighted by Gasteiger charge is -2.17. The summed E-state index contributed by atoms with van der Waals surface area (Å²) in [6.07, 6.45) is 0.501. The van der Waals surface area contributed by atoms with E-state index < -0.39 is 0 Å². The van der Waals surface area contributed by atoms with E-state index in [-0.39, 0.29) is 12.6 Å². The zero-order valence-corrected chi connectivity index (χ0v) is 17.9. The highest BCUT2D eigenvalue weighted by atomic mass is 16.5. The van der Waals surface area contributed by atoms with Crippen molar-refractivity contribution in [2.45, 2.75) is 40.3 Å². The van der Waals surface area contributed by atoms with Crippen molar-refractivity contribution in [2.75, 3.05) is 13.6 Å². The van der Waals surface area contributed by atoms with Gasteiger partial charge in [0, 0.05) is 26.6 Å². The van der Waals surface area contributed by atoms with Crippen molar-refractivity contribution in [3.8, 4) is 5.75 Å². The third-order valence-corrected chi connectivity index (χ3v) is 4.65. The van der Waals surface area contributed by atoms with E-state index in [0.717, 1.165) is 22.4 Å². The smallest absolute Gasteiger partial charge is 0.317 e. The van der Waals surface area contributed by atoms with Gasteiger partial charge in [-0.05, 0) is 49.6 Å². The molecule has 1 aromatic heterocycles. The molecule has 3 rings (SSSR count). The van der Waals surface area contributed by atoms with E-state index in [0.29, 0.717) is 31.2 Å². The van der Waals surface area contributed by atoms with Crippen molar-refractivity contribution in [3.05, 3.63) is 76.4 Å². The summed E-state index contributed by atoms with van der Waals surface area (Å²) in [6, 6.07) is 14.0. The highest BCUT2D eigenvalue weighted by Gasteiger charge is 2.12. The minimum absolute atomic E-state index is 0.141. The lowest BCUT2D eigenvalue weighted by atomic mass is 10.1. The van der Waals surface area contributed by atoms with Gasteiger partial charge in [-0.3, -0.25) is 0 Å². The number of hydrogen-bond donors (Lipinski definition) is 1. The van der Waals surface area contributed by atoms with Gasteiger partial charge in [-0.15, -0.1) is 0 Å². The summed E-state index contributed by atoms with van der Waals surface area (Å²) in [5.41, 5.74) is 4.54. The molecule has 7 heteroatoms. The monoisotopic (exact) mass is 408 g/mol. The Morgan fingerprint density at radius 1 is 1.07 bits per heavy atom. The Bertz CT molecular complexity index is 962. The highest BCUT2D eigenvalue weighted by molar-refractivity contribution is 5.73. The first-order valence-corrected chi connectivity index (χ1v) is 9.96. The van der Waals surface area contributed by atoms with Crippen LogP contribution in [0.1, 0.15) is 34.0 Å². The van der Waals surface area contributed by atoms with Gasteiger partial charge in [0.1, 0.15) is 5.75 Å². The molecule has 0 unspecified atom stereocenters. The Kier molecular flexibility index (Phi) is 7.06. The quantitative estimate of drug-likeness (QED) is 0.610. The van der Waals surface area contributed by atoms with Crippen molar-refractivity contribution in [2.24, 2.45) is 0 Å². The van der Waals surface area contributed by atoms with Crippen molar-refractivity contribution in [3.63, 3.8) is 0 Å². The molecule has 0 aliphatic carbocycles. The number of nitrogens with one attached hydrogen (secondary N) is 1. The lowest BCUT2D eigenvalue weighted by Crippen LogP contribution is -2.38. The van der Waals surface area contributed by atoms with Gasteiger partial charge in [0.15, 0.2) is 12.4 Å². The standard InChI is InChI=1S/C23H28N4O3/c1-16-5-7-19(8-6-16)14-24-23(28)27(4)10-9-21-25-22(30-26-21)15-29-20-12-17(2)11-18(3)13-20/h5-8,11-13H,9-10,14-15H2,1-4H3,(H,24,28). The fourth-order valence-corrected chi connectivity index (χ4v) is 3.00. The first-order valence-electron chi connectivity index (χ1n) is 9.96. The number of aromatic nitrogens is 2. The molecule has 0 saturated carbocycles. The number of carbonyl (C=O) groups excluding carboxylic acids is 1. The van der Waals surface area contributed by atoms with Crippen LogP contribution in [0.15, 0.2) is 47.0 Å². The molecule has 1 heterocycles. The lowest BCUT2D eigenvalue weighted by molar-refractivity contribution is 0.208. The Labute approximate surface area is 177 Å². The minimum Gasteiger partial charge on any atom is -0.484 e. The number of benzene rings is 2. The van der Waals surface area contributed by atoms with Crippen molar-refractivity contribution >= 4 is 6.03 Å². The molecule has 2 aromatic carbocycles. The summed E-state index contributed by atoms with van der Waals surface area (Å²) in [4.78, 5) is 18.2. The van der Waals surface area contributed by atoms with Crippen LogP contribution in [0.2, 0.25) is 0 Å². The number of amides is 2. The molecule has 3 aromatic rings. The molecular weight excluding hydrogens is 380 g/mol. The van der Waals surface area contributed by atoms with Crippen LogP contribution in [-0.2, 0) is 19.6 Å². The zero-order valence-electron chi connectivity index (χ0n) is 17.9. The maximum absolute atomic E-state index is 12.3. The summed E-state index contributed by atoms with van der Waals surface area (Å²) in [7, 11) is 1.74. The van der Waals surface area contributed by atoms with Crippen LogP contribution >= 0.6 is 0 Å². The van der Waals surface area contributed by atoms with Gasteiger partial charge in [-0.25, -0.2) is 4.79 Å². The Balaban J connectivity index is 1.42. The minimum atomic E-state index is -0.141. The SMILES string of the molecule is Cc1ccc(CNC(=O)N(C)CCc2noc(COc3cc(C)cc(C)c3)n2)cc1. The molecule has 0 saturated heterocycles. The average molecular weight is 409 g/mol. The van der Waals surface area contributed by atoms with Crippen LogP contribution in [0.25, 0.3) is 0 Å². The molecule has 0 spiro atoms. The molecule has 0 aliphatic rings. The van der Waals surface area contributed by atoms with E-state index in [1.165, 1.54) is 5.56 Å². The zero-order chi connectivity index (χ0) is 21.5. The second-order valence-corrected chi connectivity index (χ2v) is 7.53. The maximum Gasteiger partial charge on any atom is 0.317 e. The van der Waals surface area contributed by atoms with Gasteiger partial charge < -0.3 is 19.5 Å².